The van der Waals surface area contributed by atoms with Crippen LogP contribution in [0.2, 0.25) is 6.32 Å². The minimum atomic E-state index is 0.184. The molecule has 3 heteroatoms. The van der Waals surface area contributed by atoms with Crippen LogP contribution in [-0.4, -0.2) is 7.85 Å². The highest BCUT2D eigenvalue weighted by atomic mass is 15.1. The van der Waals surface area contributed by atoms with Gasteiger partial charge in [-0.05, 0) is 161 Å². The Morgan fingerprint density at radius 2 is 0.655 bits per heavy atom. The molecule has 0 aliphatic carbocycles. The minimum absolute atomic E-state index is 0.184. The van der Waals surface area contributed by atoms with Crippen LogP contribution < -0.4 is 9.80 Å². The van der Waals surface area contributed by atoms with Crippen LogP contribution in [0.15, 0.2) is 146 Å². The van der Waals surface area contributed by atoms with Crippen LogP contribution >= 0.6 is 0 Å². The highest BCUT2D eigenvalue weighted by molar-refractivity contribution is 6.09. The Hall–Kier alpha value is -5.02. The average Bonchev–Trinajstić information content (AvgIpc) is 3.29. The van der Waals surface area contributed by atoms with Gasteiger partial charge in [0.05, 0.1) is 0 Å². The van der Waals surface area contributed by atoms with Gasteiger partial charge < -0.3 is 9.80 Å². The van der Waals surface area contributed by atoms with E-state index in [0.29, 0.717) is 11.8 Å². The van der Waals surface area contributed by atoms with Crippen molar-refractivity contribution in [3.05, 3.63) is 168 Å². The summed E-state index contributed by atoms with van der Waals surface area (Å²) in [6.07, 6.45) is 6.77. The highest BCUT2D eigenvalue weighted by Gasteiger charge is 2.24. The van der Waals surface area contributed by atoms with Crippen LogP contribution in [0.4, 0.5) is 34.1 Å². The second-order valence-electron chi connectivity index (χ2n) is 17.2. The molecule has 0 spiro atoms. The summed E-state index contributed by atoms with van der Waals surface area (Å²) < 4.78 is 0. The van der Waals surface area contributed by atoms with E-state index >= 15 is 0 Å². The lowest BCUT2D eigenvalue weighted by molar-refractivity contribution is 0.439. The van der Waals surface area contributed by atoms with Gasteiger partial charge in [0.15, 0.2) is 0 Å². The molecule has 0 radical (unpaired) electrons. The lowest BCUT2D eigenvalue weighted by Gasteiger charge is -2.30. The molecule has 0 saturated heterocycles. The standard InChI is InChI=1S/C55H67BN2/c1-10-40(6)42-15-27-48(28-16-42)57(52-35-23-46(24-36-52)54(8,12-3)13-4)50-31-19-44(20-32-50)45-21-33-51(34-22-45)58(49-29-17-43(18-30-49)41(7)11-2)53-37-25-47(26-38-53)55(9,14-5)39-56/h15-38,40-41H,10-14,39,56H2,1-9H3. The molecule has 2 nitrogen and oxygen atoms in total. The fourth-order valence-electron chi connectivity index (χ4n) is 8.22. The van der Waals surface area contributed by atoms with Gasteiger partial charge in [-0.25, -0.2) is 0 Å². The van der Waals surface area contributed by atoms with E-state index in [1.165, 1.54) is 56.1 Å². The summed E-state index contributed by atoms with van der Waals surface area (Å²) in [6.45, 7) is 20.8. The molecule has 6 rings (SSSR count). The first-order valence-corrected chi connectivity index (χ1v) is 22.2. The number of hydrogen-bond acceptors (Lipinski definition) is 2. The maximum atomic E-state index is 2.39. The number of rotatable bonds is 17. The molecular weight excluding hydrogens is 699 g/mol. The van der Waals surface area contributed by atoms with E-state index in [1.54, 1.807) is 0 Å². The van der Waals surface area contributed by atoms with Gasteiger partial charge >= 0.3 is 0 Å². The van der Waals surface area contributed by atoms with E-state index in [-0.39, 0.29) is 10.8 Å². The van der Waals surface area contributed by atoms with Crippen molar-refractivity contribution < 1.29 is 0 Å². The van der Waals surface area contributed by atoms with Crippen molar-refractivity contribution >= 4 is 42.0 Å². The quantitative estimate of drug-likeness (QED) is 0.0853. The summed E-state index contributed by atoms with van der Waals surface area (Å²) in [4.78, 5) is 4.79. The van der Waals surface area contributed by atoms with Crippen molar-refractivity contribution in [2.75, 3.05) is 9.80 Å². The van der Waals surface area contributed by atoms with Gasteiger partial charge in [0, 0.05) is 34.1 Å². The van der Waals surface area contributed by atoms with Gasteiger partial charge in [0.25, 0.3) is 0 Å². The molecule has 6 aromatic carbocycles. The summed E-state index contributed by atoms with van der Waals surface area (Å²) in [6, 6.07) is 55.1. The first-order valence-electron chi connectivity index (χ1n) is 22.2. The largest absolute Gasteiger partial charge is 0.311 e. The van der Waals surface area contributed by atoms with Crippen LogP contribution in [0, 0.1) is 0 Å². The van der Waals surface area contributed by atoms with Crippen LogP contribution in [0.25, 0.3) is 11.1 Å². The zero-order valence-corrected chi connectivity index (χ0v) is 37.1. The molecule has 0 heterocycles. The maximum absolute atomic E-state index is 2.39. The van der Waals surface area contributed by atoms with Gasteiger partial charge in [0.2, 0.25) is 0 Å². The predicted octanol–water partition coefficient (Wildman–Crippen LogP) is 16.1. The van der Waals surface area contributed by atoms with Crippen molar-refractivity contribution in [3.8, 4) is 11.1 Å². The van der Waals surface area contributed by atoms with Crippen molar-refractivity contribution in [2.24, 2.45) is 0 Å². The van der Waals surface area contributed by atoms with Crippen LogP contribution in [0.3, 0.4) is 0 Å². The maximum Gasteiger partial charge on any atom is 0.102 e. The number of hydrogen-bond donors (Lipinski definition) is 0. The molecule has 0 bridgehead atoms. The van der Waals surface area contributed by atoms with Gasteiger partial charge in [-0.1, -0.05) is 141 Å². The van der Waals surface area contributed by atoms with Crippen LogP contribution in [0.5, 0.6) is 0 Å². The van der Waals surface area contributed by atoms with E-state index in [0.717, 1.165) is 49.8 Å². The summed E-state index contributed by atoms with van der Waals surface area (Å²) in [5.41, 5.74) is 15.3. The number of benzene rings is 6. The first-order chi connectivity index (χ1) is 28.0. The third-order valence-electron chi connectivity index (χ3n) is 14.0. The van der Waals surface area contributed by atoms with E-state index < -0.39 is 0 Å². The summed E-state index contributed by atoms with van der Waals surface area (Å²) in [5, 5.41) is 0. The zero-order valence-electron chi connectivity index (χ0n) is 37.1. The molecule has 300 valence electrons. The number of nitrogens with zero attached hydrogens (tertiary/aromatic N) is 2. The Balaban J connectivity index is 1.33. The summed E-state index contributed by atoms with van der Waals surface area (Å²) >= 11 is 0. The normalized spacial score (nSPS) is 13.7. The van der Waals surface area contributed by atoms with Gasteiger partial charge in [0.1, 0.15) is 7.85 Å². The smallest absolute Gasteiger partial charge is 0.102 e. The minimum Gasteiger partial charge on any atom is -0.311 e. The highest BCUT2D eigenvalue weighted by Crippen LogP contribution is 2.41. The Labute approximate surface area is 352 Å². The molecule has 0 aromatic heterocycles. The fourth-order valence-corrected chi connectivity index (χ4v) is 8.22. The van der Waals surface area contributed by atoms with Crippen LogP contribution in [-0.2, 0) is 10.8 Å². The molecule has 3 atom stereocenters. The predicted molar refractivity (Wildman–Crippen MR) is 258 cm³/mol. The molecular formula is C55H67BN2. The van der Waals surface area contributed by atoms with Crippen LogP contribution in [0.1, 0.15) is 129 Å². The molecule has 6 aromatic rings. The molecule has 0 N–H and O–H groups in total. The Kier molecular flexibility index (Phi) is 13.7. The van der Waals surface area contributed by atoms with E-state index in [4.69, 9.17) is 0 Å². The monoisotopic (exact) mass is 767 g/mol. The summed E-state index contributed by atoms with van der Waals surface area (Å²) in [7, 11) is 2.30. The molecule has 0 fully saturated rings. The molecule has 3 unspecified atom stereocenters. The molecule has 0 amide bonds. The third kappa shape index (κ3) is 9.00. The van der Waals surface area contributed by atoms with Crippen molar-refractivity contribution in [1.29, 1.82) is 0 Å². The topological polar surface area (TPSA) is 6.48 Å². The average molecular weight is 767 g/mol. The Morgan fingerprint density at radius 3 is 0.914 bits per heavy atom. The van der Waals surface area contributed by atoms with Gasteiger partial charge in [-0.15, -0.1) is 0 Å². The second-order valence-corrected chi connectivity index (χ2v) is 17.2. The Morgan fingerprint density at radius 1 is 0.397 bits per heavy atom. The lowest BCUT2D eigenvalue weighted by Crippen LogP contribution is -2.20. The second kappa shape index (κ2) is 18.7. The van der Waals surface area contributed by atoms with Gasteiger partial charge in [-0.2, -0.15) is 0 Å². The molecule has 58 heavy (non-hydrogen) atoms. The Bertz CT molecular complexity index is 2000. The van der Waals surface area contributed by atoms with E-state index in [2.05, 4.69) is 226 Å². The van der Waals surface area contributed by atoms with Crippen molar-refractivity contribution in [3.63, 3.8) is 0 Å². The SMILES string of the molecule is BCC(C)(CC)c1ccc(N(c2ccc(-c3ccc(N(c4ccc(C(C)CC)cc4)c4ccc(C(C)(CC)CC)cc4)cc3)cc2)c2ccc(C(C)CC)cc2)cc1. The summed E-state index contributed by atoms with van der Waals surface area (Å²) in [5.74, 6) is 1.08. The van der Waals surface area contributed by atoms with Gasteiger partial charge in [-0.3, -0.25) is 0 Å². The molecule has 0 aliphatic heterocycles. The zero-order chi connectivity index (χ0) is 41.5. The van der Waals surface area contributed by atoms with E-state index in [9.17, 15) is 0 Å². The van der Waals surface area contributed by atoms with E-state index in [1.807, 2.05) is 0 Å². The number of anilines is 6. The fraction of sp³-hybridized carbons (Fsp3) is 0.345. The lowest BCUT2D eigenvalue weighted by atomic mass is 9.71. The molecule has 0 saturated carbocycles. The first kappa shape index (κ1) is 42.6. The third-order valence-corrected chi connectivity index (χ3v) is 14.0. The van der Waals surface area contributed by atoms with Crippen molar-refractivity contribution in [1.82, 2.24) is 0 Å². The molecule has 0 aliphatic rings. The van der Waals surface area contributed by atoms with Crippen molar-refractivity contribution in [2.45, 2.75) is 123 Å².